The van der Waals surface area contributed by atoms with Crippen molar-refractivity contribution in [1.29, 1.82) is 0 Å². The van der Waals surface area contributed by atoms with Gasteiger partial charge in [-0.3, -0.25) is 9.78 Å². The van der Waals surface area contributed by atoms with E-state index in [4.69, 9.17) is 0 Å². The topological polar surface area (TPSA) is 42.0 Å². The number of para-hydroxylation sites is 1. The Hall–Kier alpha value is -1.90. The molecule has 94 valence electrons. The highest BCUT2D eigenvalue weighted by molar-refractivity contribution is 5.78. The molecule has 2 aromatic rings. The Bertz CT molecular complexity index is 537. The minimum absolute atomic E-state index is 0.104. The molecular weight excluding hydrogens is 224 g/mol. The molecule has 3 heteroatoms. The molecule has 0 bridgehead atoms. The van der Waals surface area contributed by atoms with Crippen LogP contribution in [0.1, 0.15) is 31.9 Å². The first-order chi connectivity index (χ1) is 8.79. The summed E-state index contributed by atoms with van der Waals surface area (Å²) in [6, 6.07) is 12.0. The molecule has 0 spiro atoms. The van der Waals surface area contributed by atoms with Crippen molar-refractivity contribution in [3.63, 3.8) is 0 Å². The zero-order valence-corrected chi connectivity index (χ0v) is 10.6. The molecule has 0 aliphatic carbocycles. The van der Waals surface area contributed by atoms with Crippen LogP contribution in [0.4, 0.5) is 0 Å². The summed E-state index contributed by atoms with van der Waals surface area (Å²) >= 11 is 0. The van der Waals surface area contributed by atoms with Crippen molar-refractivity contribution in [3.8, 4) is 0 Å². The second-order valence-corrected chi connectivity index (χ2v) is 4.38. The average molecular weight is 242 g/mol. The lowest BCUT2D eigenvalue weighted by Crippen LogP contribution is -2.22. The van der Waals surface area contributed by atoms with Crippen LogP contribution in [0.15, 0.2) is 36.4 Å². The molecule has 1 aromatic heterocycles. The van der Waals surface area contributed by atoms with Gasteiger partial charge in [-0.05, 0) is 18.6 Å². The van der Waals surface area contributed by atoms with Crippen molar-refractivity contribution in [2.45, 2.75) is 32.7 Å². The highest BCUT2D eigenvalue weighted by Crippen LogP contribution is 2.11. The van der Waals surface area contributed by atoms with Crippen LogP contribution in [0, 0.1) is 0 Å². The van der Waals surface area contributed by atoms with E-state index in [0.29, 0.717) is 13.0 Å². The predicted molar refractivity (Wildman–Crippen MR) is 73.1 cm³/mol. The van der Waals surface area contributed by atoms with E-state index in [9.17, 15) is 4.79 Å². The lowest BCUT2D eigenvalue weighted by molar-refractivity contribution is -0.121. The number of benzene rings is 1. The Morgan fingerprint density at radius 1 is 1.22 bits per heavy atom. The number of pyridine rings is 1. The molecule has 0 aliphatic heterocycles. The quantitative estimate of drug-likeness (QED) is 0.875. The molecule has 0 aliphatic rings. The molecule has 1 N–H and O–H groups in total. The number of rotatable bonds is 5. The van der Waals surface area contributed by atoms with E-state index < -0.39 is 0 Å². The summed E-state index contributed by atoms with van der Waals surface area (Å²) in [6.45, 7) is 2.59. The van der Waals surface area contributed by atoms with E-state index in [1.807, 2.05) is 36.4 Å². The fourth-order valence-corrected chi connectivity index (χ4v) is 1.82. The minimum Gasteiger partial charge on any atom is -0.350 e. The molecule has 0 saturated heterocycles. The molecule has 1 amide bonds. The normalized spacial score (nSPS) is 10.5. The van der Waals surface area contributed by atoms with Gasteiger partial charge in [-0.2, -0.15) is 0 Å². The van der Waals surface area contributed by atoms with Crippen LogP contribution in [0.2, 0.25) is 0 Å². The Kier molecular flexibility index (Phi) is 4.29. The molecule has 2 rings (SSSR count). The summed E-state index contributed by atoms with van der Waals surface area (Å²) in [5.41, 5.74) is 1.87. The Morgan fingerprint density at radius 3 is 2.89 bits per heavy atom. The lowest BCUT2D eigenvalue weighted by atomic mass is 10.2. The van der Waals surface area contributed by atoms with Gasteiger partial charge in [-0.25, -0.2) is 0 Å². The zero-order valence-electron chi connectivity index (χ0n) is 10.6. The molecule has 1 heterocycles. The Labute approximate surface area is 107 Å². The smallest absolute Gasteiger partial charge is 0.220 e. The molecule has 0 saturated carbocycles. The summed E-state index contributed by atoms with van der Waals surface area (Å²) in [5, 5.41) is 4.02. The standard InChI is InChI=1S/C15H18N2O/c1-2-3-8-15(18)16-11-13-10-9-12-6-4-5-7-14(12)17-13/h4-7,9-10H,2-3,8,11H2,1H3,(H,16,18). The van der Waals surface area contributed by atoms with Gasteiger partial charge < -0.3 is 5.32 Å². The minimum atomic E-state index is 0.104. The first-order valence-corrected chi connectivity index (χ1v) is 6.41. The highest BCUT2D eigenvalue weighted by atomic mass is 16.1. The summed E-state index contributed by atoms with van der Waals surface area (Å²) in [4.78, 5) is 16.0. The molecule has 0 fully saturated rings. The third kappa shape index (κ3) is 3.29. The number of hydrogen-bond donors (Lipinski definition) is 1. The van der Waals surface area contributed by atoms with Crippen LogP contribution in [0.25, 0.3) is 10.9 Å². The van der Waals surface area contributed by atoms with Gasteiger partial charge >= 0.3 is 0 Å². The number of hydrogen-bond acceptors (Lipinski definition) is 2. The largest absolute Gasteiger partial charge is 0.350 e. The van der Waals surface area contributed by atoms with Gasteiger partial charge in [0, 0.05) is 11.8 Å². The number of amides is 1. The van der Waals surface area contributed by atoms with Gasteiger partial charge in [0.2, 0.25) is 5.91 Å². The van der Waals surface area contributed by atoms with E-state index in [1.54, 1.807) is 0 Å². The summed E-state index contributed by atoms with van der Waals surface area (Å²) < 4.78 is 0. The maximum Gasteiger partial charge on any atom is 0.220 e. The van der Waals surface area contributed by atoms with Gasteiger partial charge in [0.25, 0.3) is 0 Å². The second-order valence-electron chi connectivity index (χ2n) is 4.38. The van der Waals surface area contributed by atoms with Gasteiger partial charge in [0.1, 0.15) is 0 Å². The van der Waals surface area contributed by atoms with E-state index in [2.05, 4.69) is 17.2 Å². The SMILES string of the molecule is CCCCC(=O)NCc1ccc2ccccc2n1. The fraction of sp³-hybridized carbons (Fsp3) is 0.333. The van der Waals surface area contributed by atoms with Crippen molar-refractivity contribution >= 4 is 16.8 Å². The lowest BCUT2D eigenvalue weighted by Gasteiger charge is -2.05. The van der Waals surface area contributed by atoms with E-state index >= 15 is 0 Å². The maximum atomic E-state index is 11.5. The van der Waals surface area contributed by atoms with Gasteiger partial charge in [0.15, 0.2) is 0 Å². The Morgan fingerprint density at radius 2 is 2.06 bits per heavy atom. The molecule has 18 heavy (non-hydrogen) atoms. The number of carbonyl (C=O) groups is 1. The number of aromatic nitrogens is 1. The monoisotopic (exact) mass is 242 g/mol. The third-order valence-corrected chi connectivity index (χ3v) is 2.88. The summed E-state index contributed by atoms with van der Waals surface area (Å²) in [5.74, 6) is 0.104. The zero-order chi connectivity index (χ0) is 12.8. The van der Waals surface area contributed by atoms with Crippen molar-refractivity contribution in [2.24, 2.45) is 0 Å². The fourth-order valence-electron chi connectivity index (χ4n) is 1.82. The van der Waals surface area contributed by atoms with E-state index in [1.165, 1.54) is 0 Å². The van der Waals surface area contributed by atoms with E-state index in [0.717, 1.165) is 29.4 Å². The molecule has 1 aromatic carbocycles. The third-order valence-electron chi connectivity index (χ3n) is 2.88. The summed E-state index contributed by atoms with van der Waals surface area (Å²) in [7, 11) is 0. The van der Waals surface area contributed by atoms with Gasteiger partial charge in [-0.1, -0.05) is 37.6 Å². The molecule has 0 atom stereocenters. The van der Waals surface area contributed by atoms with Crippen molar-refractivity contribution in [3.05, 3.63) is 42.1 Å². The molecule has 0 radical (unpaired) electrons. The van der Waals surface area contributed by atoms with E-state index in [-0.39, 0.29) is 5.91 Å². The number of nitrogens with one attached hydrogen (secondary N) is 1. The number of fused-ring (bicyclic) bond motifs is 1. The van der Waals surface area contributed by atoms with Crippen LogP contribution < -0.4 is 5.32 Å². The van der Waals surface area contributed by atoms with Crippen LogP contribution in [-0.2, 0) is 11.3 Å². The van der Waals surface area contributed by atoms with Crippen LogP contribution >= 0.6 is 0 Å². The summed E-state index contributed by atoms with van der Waals surface area (Å²) in [6.07, 6.45) is 2.59. The van der Waals surface area contributed by atoms with Crippen molar-refractivity contribution < 1.29 is 4.79 Å². The first-order valence-electron chi connectivity index (χ1n) is 6.41. The first kappa shape index (κ1) is 12.6. The van der Waals surface area contributed by atoms with Crippen LogP contribution in [0.3, 0.4) is 0 Å². The number of unbranched alkanes of at least 4 members (excludes halogenated alkanes) is 1. The van der Waals surface area contributed by atoms with Crippen LogP contribution in [-0.4, -0.2) is 10.9 Å². The average Bonchev–Trinajstić information content (AvgIpc) is 2.42. The van der Waals surface area contributed by atoms with Crippen molar-refractivity contribution in [1.82, 2.24) is 10.3 Å². The highest BCUT2D eigenvalue weighted by Gasteiger charge is 2.02. The molecule has 3 nitrogen and oxygen atoms in total. The van der Waals surface area contributed by atoms with Gasteiger partial charge in [0.05, 0.1) is 17.8 Å². The van der Waals surface area contributed by atoms with Gasteiger partial charge in [-0.15, -0.1) is 0 Å². The predicted octanol–water partition coefficient (Wildman–Crippen LogP) is 3.04. The number of nitrogens with zero attached hydrogens (tertiary/aromatic N) is 1. The van der Waals surface area contributed by atoms with Crippen LogP contribution in [0.5, 0.6) is 0 Å². The Balaban J connectivity index is 1.97. The molecule has 0 unspecified atom stereocenters. The second kappa shape index (κ2) is 6.15. The maximum absolute atomic E-state index is 11.5. The van der Waals surface area contributed by atoms with Crippen molar-refractivity contribution in [2.75, 3.05) is 0 Å². The molecular formula is C15H18N2O. The number of carbonyl (C=O) groups excluding carboxylic acids is 1.